The van der Waals surface area contributed by atoms with Gasteiger partial charge in [-0.1, -0.05) is 30.3 Å². The van der Waals surface area contributed by atoms with E-state index in [0.29, 0.717) is 18.5 Å². The van der Waals surface area contributed by atoms with Crippen molar-refractivity contribution in [1.29, 1.82) is 0 Å². The Kier molecular flexibility index (Phi) is 7.86. The lowest BCUT2D eigenvalue weighted by Gasteiger charge is -2.33. The molecule has 3 rings (SSSR count). The van der Waals surface area contributed by atoms with Crippen LogP contribution in [0.5, 0.6) is 0 Å². The number of hydrogen-bond donors (Lipinski definition) is 0. The first-order valence-electron chi connectivity index (χ1n) is 10.3. The number of carbonyl (C=O) groups is 3. The molecule has 168 valence electrons. The molecule has 0 atom stereocenters. The van der Waals surface area contributed by atoms with Crippen LogP contribution in [0.4, 0.5) is 0 Å². The van der Waals surface area contributed by atoms with E-state index >= 15 is 0 Å². The molecule has 1 heterocycles. The first-order chi connectivity index (χ1) is 15.5. The van der Waals surface area contributed by atoms with Crippen molar-refractivity contribution >= 4 is 17.5 Å². The molecule has 0 fully saturated rings. The lowest BCUT2D eigenvalue weighted by molar-refractivity contribution is -0.133. The van der Waals surface area contributed by atoms with Gasteiger partial charge in [-0.2, -0.15) is 0 Å². The minimum Gasteiger partial charge on any atom is -0.383 e. The van der Waals surface area contributed by atoms with Crippen LogP contribution >= 0.6 is 0 Å². The lowest BCUT2D eigenvalue weighted by atomic mass is 9.89. The Hall–Kier alpha value is -3.36. The summed E-state index contributed by atoms with van der Waals surface area (Å²) >= 11 is 0. The molecule has 0 N–H and O–H groups in total. The zero-order chi connectivity index (χ0) is 23.1. The third kappa shape index (κ3) is 4.92. The second-order valence-corrected chi connectivity index (χ2v) is 7.36. The molecular weight excluding hydrogens is 410 g/mol. The second-order valence-electron chi connectivity index (χ2n) is 7.36. The van der Waals surface area contributed by atoms with Crippen LogP contribution < -0.4 is 0 Å². The minimum atomic E-state index is -0.421. The summed E-state index contributed by atoms with van der Waals surface area (Å²) in [4.78, 5) is 47.3. The standard InChI is InChI=1S/C24H27N3O5/c1-26(13-11-17-8-6-7-12-25-17)21-22(27(14-15-31-2)20(28)16-32-3)24(30)19-10-5-4-9-18(19)23(21)29/h4-10,12H,11,13-16H2,1-3H3. The molecule has 1 aromatic carbocycles. The number of Topliss-reactive ketones (excluding diaryl/α,β-unsaturated/α-hetero) is 2. The molecule has 1 aliphatic rings. The van der Waals surface area contributed by atoms with Crippen LogP contribution in [0, 0.1) is 0 Å². The third-order valence-corrected chi connectivity index (χ3v) is 5.24. The van der Waals surface area contributed by atoms with E-state index in [1.165, 1.54) is 19.1 Å². The maximum Gasteiger partial charge on any atom is 0.253 e. The summed E-state index contributed by atoms with van der Waals surface area (Å²) in [6, 6.07) is 12.3. The molecule has 1 aliphatic carbocycles. The largest absolute Gasteiger partial charge is 0.383 e. The highest BCUT2D eigenvalue weighted by atomic mass is 16.5. The van der Waals surface area contributed by atoms with Crippen molar-refractivity contribution in [2.45, 2.75) is 6.42 Å². The Labute approximate surface area is 187 Å². The van der Waals surface area contributed by atoms with Crippen LogP contribution in [0.1, 0.15) is 26.4 Å². The van der Waals surface area contributed by atoms with Gasteiger partial charge in [0.1, 0.15) is 18.0 Å². The predicted octanol–water partition coefficient (Wildman–Crippen LogP) is 1.97. The van der Waals surface area contributed by atoms with Crippen LogP contribution in [0.2, 0.25) is 0 Å². The number of allylic oxidation sites excluding steroid dienone is 2. The van der Waals surface area contributed by atoms with Gasteiger partial charge in [-0.05, 0) is 12.1 Å². The van der Waals surface area contributed by atoms with Crippen molar-refractivity contribution in [2.24, 2.45) is 0 Å². The first kappa shape index (κ1) is 23.3. The number of amides is 1. The molecule has 0 unspecified atom stereocenters. The van der Waals surface area contributed by atoms with Crippen molar-refractivity contribution in [3.8, 4) is 0 Å². The van der Waals surface area contributed by atoms with Crippen molar-refractivity contribution in [1.82, 2.24) is 14.8 Å². The zero-order valence-corrected chi connectivity index (χ0v) is 18.5. The van der Waals surface area contributed by atoms with Gasteiger partial charge in [0.25, 0.3) is 5.91 Å². The maximum atomic E-state index is 13.5. The highest BCUT2D eigenvalue weighted by Gasteiger charge is 2.38. The molecule has 0 aliphatic heterocycles. The van der Waals surface area contributed by atoms with E-state index in [1.54, 1.807) is 42.4 Å². The van der Waals surface area contributed by atoms with Crippen LogP contribution in [-0.2, 0) is 20.7 Å². The molecule has 0 radical (unpaired) electrons. The minimum absolute atomic E-state index is 0.0521. The van der Waals surface area contributed by atoms with Crippen LogP contribution in [0.15, 0.2) is 60.1 Å². The molecule has 32 heavy (non-hydrogen) atoms. The van der Waals surface area contributed by atoms with Gasteiger partial charge in [0, 0.05) is 63.8 Å². The molecule has 8 heteroatoms. The van der Waals surface area contributed by atoms with E-state index in [0.717, 1.165) is 5.69 Å². The van der Waals surface area contributed by atoms with Gasteiger partial charge in [-0.15, -0.1) is 0 Å². The van der Waals surface area contributed by atoms with Crippen LogP contribution in [-0.4, -0.2) is 79.8 Å². The van der Waals surface area contributed by atoms with Crippen molar-refractivity contribution in [3.05, 3.63) is 76.9 Å². The average molecular weight is 437 g/mol. The highest BCUT2D eigenvalue weighted by Crippen LogP contribution is 2.30. The molecule has 0 saturated heterocycles. The summed E-state index contributed by atoms with van der Waals surface area (Å²) in [5, 5.41) is 0. The number of rotatable bonds is 10. The van der Waals surface area contributed by atoms with Crippen molar-refractivity contribution in [2.75, 3.05) is 47.6 Å². The number of pyridine rings is 1. The summed E-state index contributed by atoms with van der Waals surface area (Å²) in [6.45, 7) is 0.536. The number of aromatic nitrogens is 1. The molecular formula is C24H27N3O5. The number of methoxy groups -OCH3 is 2. The molecule has 2 aromatic rings. The van der Waals surface area contributed by atoms with Gasteiger partial charge in [0.2, 0.25) is 11.6 Å². The van der Waals surface area contributed by atoms with E-state index in [-0.39, 0.29) is 48.3 Å². The average Bonchev–Trinajstić information content (AvgIpc) is 2.81. The van der Waals surface area contributed by atoms with E-state index < -0.39 is 5.91 Å². The molecule has 0 spiro atoms. The summed E-state index contributed by atoms with van der Waals surface area (Å²) in [6.07, 6.45) is 2.28. The van der Waals surface area contributed by atoms with Gasteiger partial charge in [-0.25, -0.2) is 0 Å². The Balaban J connectivity index is 2.06. The first-order valence-corrected chi connectivity index (χ1v) is 10.3. The summed E-state index contributed by atoms with van der Waals surface area (Å²) in [5.74, 6) is -1.09. The van der Waals surface area contributed by atoms with Crippen LogP contribution in [0.3, 0.4) is 0 Å². The number of ketones is 2. The van der Waals surface area contributed by atoms with Gasteiger partial charge < -0.3 is 19.3 Å². The Morgan fingerprint density at radius 1 is 0.906 bits per heavy atom. The number of nitrogens with zero attached hydrogens (tertiary/aromatic N) is 3. The smallest absolute Gasteiger partial charge is 0.253 e. The Morgan fingerprint density at radius 2 is 1.56 bits per heavy atom. The molecule has 8 nitrogen and oxygen atoms in total. The van der Waals surface area contributed by atoms with Crippen molar-refractivity contribution in [3.63, 3.8) is 0 Å². The van der Waals surface area contributed by atoms with Gasteiger partial charge in [0.15, 0.2) is 0 Å². The monoisotopic (exact) mass is 437 g/mol. The topological polar surface area (TPSA) is 89.0 Å². The second kappa shape index (κ2) is 10.8. The summed E-state index contributed by atoms with van der Waals surface area (Å²) < 4.78 is 10.2. The third-order valence-electron chi connectivity index (χ3n) is 5.24. The summed E-state index contributed by atoms with van der Waals surface area (Å²) in [5.41, 5.74) is 1.71. The normalized spacial score (nSPS) is 13.2. The van der Waals surface area contributed by atoms with Crippen molar-refractivity contribution < 1.29 is 23.9 Å². The van der Waals surface area contributed by atoms with Crippen LogP contribution in [0.25, 0.3) is 0 Å². The fraction of sp³-hybridized carbons (Fsp3) is 0.333. The van der Waals surface area contributed by atoms with E-state index in [2.05, 4.69) is 4.98 Å². The highest BCUT2D eigenvalue weighted by molar-refractivity contribution is 6.27. The number of hydrogen-bond acceptors (Lipinski definition) is 7. The Morgan fingerprint density at radius 3 is 2.16 bits per heavy atom. The molecule has 1 aromatic heterocycles. The predicted molar refractivity (Wildman–Crippen MR) is 118 cm³/mol. The summed E-state index contributed by atoms with van der Waals surface area (Å²) in [7, 11) is 4.66. The quantitative estimate of drug-likeness (QED) is 0.561. The Bertz CT molecular complexity index is 1020. The maximum absolute atomic E-state index is 13.5. The van der Waals surface area contributed by atoms with Gasteiger partial charge in [-0.3, -0.25) is 19.4 Å². The molecule has 1 amide bonds. The van der Waals surface area contributed by atoms with Gasteiger partial charge >= 0.3 is 0 Å². The lowest BCUT2D eigenvalue weighted by Crippen LogP contribution is -2.44. The molecule has 0 saturated carbocycles. The van der Waals surface area contributed by atoms with E-state index in [4.69, 9.17) is 9.47 Å². The fourth-order valence-corrected chi connectivity index (χ4v) is 3.64. The number of likely N-dealkylation sites (N-methyl/N-ethyl adjacent to an activating group) is 1. The number of fused-ring (bicyclic) bond motifs is 1. The number of carbonyl (C=O) groups excluding carboxylic acids is 3. The molecule has 0 bridgehead atoms. The van der Waals surface area contributed by atoms with Gasteiger partial charge in [0.05, 0.1) is 6.61 Å². The van der Waals surface area contributed by atoms with E-state index in [9.17, 15) is 14.4 Å². The number of benzene rings is 1. The zero-order valence-electron chi connectivity index (χ0n) is 18.5. The van der Waals surface area contributed by atoms with E-state index in [1.807, 2.05) is 18.2 Å². The SMILES string of the molecule is COCCN(C(=O)COC)C1=C(N(C)CCc2ccccn2)C(=O)c2ccccc2C1=O. The number of ether oxygens (including phenoxy) is 2. The fourth-order valence-electron chi connectivity index (χ4n) is 3.64.